The zero-order chi connectivity index (χ0) is 16.4. The van der Waals surface area contributed by atoms with Gasteiger partial charge in [0.05, 0.1) is 12.7 Å². The van der Waals surface area contributed by atoms with Crippen LogP contribution in [0.2, 0.25) is 0 Å². The molecule has 0 N–H and O–H groups in total. The number of fused-ring (bicyclic) bond motifs is 1. The van der Waals surface area contributed by atoms with Crippen LogP contribution in [-0.2, 0) is 4.74 Å². The van der Waals surface area contributed by atoms with E-state index in [4.69, 9.17) is 4.74 Å². The molecular formula is C18H27N3O2. The Bertz CT molecular complexity index is 534. The third kappa shape index (κ3) is 3.56. The van der Waals surface area contributed by atoms with Crippen molar-refractivity contribution in [2.45, 2.75) is 32.4 Å². The van der Waals surface area contributed by atoms with Crippen molar-refractivity contribution in [3.8, 4) is 0 Å². The highest BCUT2D eigenvalue weighted by atomic mass is 16.5. The summed E-state index contributed by atoms with van der Waals surface area (Å²) in [4.78, 5) is 21.1. The maximum atomic E-state index is 12.6. The van der Waals surface area contributed by atoms with Gasteiger partial charge in [0.2, 0.25) is 0 Å². The SMILES string of the molecule is CC(C)N(C)C[C@H]1OC[C@@H]2CCN(C(=O)c3ccccn3)C[C@@H]21. The normalized spacial score (nSPS) is 27.5. The maximum absolute atomic E-state index is 12.6. The van der Waals surface area contributed by atoms with E-state index in [1.165, 1.54) is 0 Å². The Morgan fingerprint density at radius 3 is 3.00 bits per heavy atom. The first-order valence-electron chi connectivity index (χ1n) is 8.58. The van der Waals surface area contributed by atoms with Gasteiger partial charge in [0.25, 0.3) is 5.91 Å². The molecule has 1 aromatic rings. The molecule has 2 aliphatic rings. The molecule has 2 saturated heterocycles. The average Bonchev–Trinajstić information content (AvgIpc) is 2.97. The Kier molecular flexibility index (Phi) is 4.97. The van der Waals surface area contributed by atoms with Gasteiger partial charge in [-0.05, 0) is 45.4 Å². The van der Waals surface area contributed by atoms with Gasteiger partial charge in [0.15, 0.2) is 0 Å². The predicted molar refractivity (Wildman–Crippen MR) is 89.2 cm³/mol. The number of hydrogen-bond donors (Lipinski definition) is 0. The van der Waals surface area contributed by atoms with Crippen molar-refractivity contribution in [3.63, 3.8) is 0 Å². The molecule has 23 heavy (non-hydrogen) atoms. The summed E-state index contributed by atoms with van der Waals surface area (Å²) in [7, 11) is 2.14. The monoisotopic (exact) mass is 317 g/mol. The summed E-state index contributed by atoms with van der Waals surface area (Å²) in [5.41, 5.74) is 0.542. The Morgan fingerprint density at radius 2 is 2.30 bits per heavy atom. The van der Waals surface area contributed by atoms with Crippen LogP contribution in [0.4, 0.5) is 0 Å². The largest absolute Gasteiger partial charge is 0.376 e. The summed E-state index contributed by atoms with van der Waals surface area (Å²) >= 11 is 0. The summed E-state index contributed by atoms with van der Waals surface area (Å²) in [6.07, 6.45) is 2.94. The smallest absolute Gasteiger partial charge is 0.272 e. The summed E-state index contributed by atoms with van der Waals surface area (Å²) in [6, 6.07) is 6.01. The number of aromatic nitrogens is 1. The minimum absolute atomic E-state index is 0.0481. The number of pyridine rings is 1. The number of rotatable bonds is 4. The number of nitrogens with zero attached hydrogens (tertiary/aromatic N) is 3. The summed E-state index contributed by atoms with van der Waals surface area (Å²) < 4.78 is 6.06. The molecular weight excluding hydrogens is 290 g/mol. The fourth-order valence-corrected chi connectivity index (χ4v) is 3.55. The van der Waals surface area contributed by atoms with Crippen LogP contribution >= 0.6 is 0 Å². The van der Waals surface area contributed by atoms with E-state index in [0.29, 0.717) is 23.6 Å². The quantitative estimate of drug-likeness (QED) is 0.851. The van der Waals surface area contributed by atoms with Crippen molar-refractivity contribution in [2.75, 3.05) is 33.3 Å². The highest BCUT2D eigenvalue weighted by Gasteiger charge is 2.42. The van der Waals surface area contributed by atoms with Gasteiger partial charge in [0, 0.05) is 37.8 Å². The van der Waals surface area contributed by atoms with E-state index >= 15 is 0 Å². The second-order valence-electron chi connectivity index (χ2n) is 7.08. The molecule has 2 aliphatic heterocycles. The molecule has 126 valence electrons. The molecule has 3 rings (SSSR count). The van der Waals surface area contributed by atoms with Crippen molar-refractivity contribution >= 4 is 5.91 Å². The van der Waals surface area contributed by atoms with Gasteiger partial charge in [0.1, 0.15) is 5.69 Å². The van der Waals surface area contributed by atoms with E-state index in [9.17, 15) is 4.79 Å². The molecule has 2 fully saturated rings. The van der Waals surface area contributed by atoms with Gasteiger partial charge in [-0.15, -0.1) is 0 Å². The lowest BCUT2D eigenvalue weighted by Crippen LogP contribution is -2.47. The molecule has 0 aromatic carbocycles. The zero-order valence-corrected chi connectivity index (χ0v) is 14.3. The Morgan fingerprint density at radius 1 is 1.48 bits per heavy atom. The Balaban J connectivity index is 1.66. The van der Waals surface area contributed by atoms with Gasteiger partial charge in [-0.3, -0.25) is 9.78 Å². The van der Waals surface area contributed by atoms with Crippen molar-refractivity contribution in [1.82, 2.24) is 14.8 Å². The molecule has 0 bridgehead atoms. The molecule has 3 atom stereocenters. The van der Waals surface area contributed by atoms with Gasteiger partial charge in [-0.1, -0.05) is 6.07 Å². The Hall–Kier alpha value is -1.46. The Labute approximate surface area is 138 Å². The molecule has 5 heteroatoms. The summed E-state index contributed by atoms with van der Waals surface area (Å²) in [5, 5.41) is 0. The number of carbonyl (C=O) groups is 1. The minimum Gasteiger partial charge on any atom is -0.376 e. The van der Waals surface area contributed by atoms with Crippen LogP contribution < -0.4 is 0 Å². The van der Waals surface area contributed by atoms with Gasteiger partial charge < -0.3 is 14.5 Å². The average molecular weight is 317 g/mol. The molecule has 0 spiro atoms. The van der Waals surface area contributed by atoms with Crippen LogP contribution in [-0.4, -0.2) is 66.1 Å². The van der Waals surface area contributed by atoms with Crippen LogP contribution in [0.1, 0.15) is 30.8 Å². The topological polar surface area (TPSA) is 45.7 Å². The highest BCUT2D eigenvalue weighted by molar-refractivity contribution is 5.92. The van der Waals surface area contributed by atoms with Crippen LogP contribution in [0.15, 0.2) is 24.4 Å². The number of hydrogen-bond acceptors (Lipinski definition) is 4. The van der Waals surface area contributed by atoms with E-state index in [0.717, 1.165) is 32.7 Å². The van der Waals surface area contributed by atoms with Gasteiger partial charge in [-0.25, -0.2) is 0 Å². The lowest BCUT2D eigenvalue weighted by molar-refractivity contribution is 0.0390. The molecule has 0 saturated carbocycles. The lowest BCUT2D eigenvalue weighted by atomic mass is 9.84. The number of ether oxygens (including phenoxy) is 1. The lowest BCUT2D eigenvalue weighted by Gasteiger charge is -2.37. The minimum atomic E-state index is 0.0481. The first-order valence-corrected chi connectivity index (χ1v) is 8.58. The van der Waals surface area contributed by atoms with Crippen LogP contribution in [0.25, 0.3) is 0 Å². The van der Waals surface area contributed by atoms with E-state index in [-0.39, 0.29) is 12.0 Å². The fourth-order valence-electron chi connectivity index (χ4n) is 3.55. The first-order chi connectivity index (χ1) is 11.1. The summed E-state index contributed by atoms with van der Waals surface area (Å²) in [6.45, 7) is 7.77. The molecule has 0 unspecified atom stereocenters. The second-order valence-corrected chi connectivity index (χ2v) is 7.08. The van der Waals surface area contributed by atoms with Crippen molar-refractivity contribution in [2.24, 2.45) is 11.8 Å². The molecule has 0 radical (unpaired) electrons. The van der Waals surface area contributed by atoms with Crippen molar-refractivity contribution in [1.29, 1.82) is 0 Å². The second kappa shape index (κ2) is 6.97. The number of piperidine rings is 1. The van der Waals surface area contributed by atoms with E-state index in [1.807, 2.05) is 17.0 Å². The third-order valence-electron chi connectivity index (χ3n) is 5.33. The number of likely N-dealkylation sites (N-methyl/N-ethyl adjacent to an activating group) is 1. The first kappa shape index (κ1) is 16.4. The summed E-state index contributed by atoms with van der Waals surface area (Å²) in [5.74, 6) is 1.08. The molecule has 3 heterocycles. The highest BCUT2D eigenvalue weighted by Crippen LogP contribution is 2.35. The third-order valence-corrected chi connectivity index (χ3v) is 5.33. The zero-order valence-electron chi connectivity index (χ0n) is 14.3. The van der Waals surface area contributed by atoms with E-state index in [2.05, 4.69) is 30.8 Å². The van der Waals surface area contributed by atoms with E-state index < -0.39 is 0 Å². The standard InChI is InChI=1S/C18H27N3O2/c1-13(2)20(3)11-17-15-10-21(9-7-14(15)12-23-17)18(22)16-6-4-5-8-19-16/h4-6,8,13-15,17H,7,9-12H2,1-3H3/t14-,15-,17+/m0/s1. The van der Waals surface area contributed by atoms with Crippen molar-refractivity contribution < 1.29 is 9.53 Å². The van der Waals surface area contributed by atoms with Gasteiger partial charge in [-0.2, -0.15) is 0 Å². The predicted octanol–water partition coefficient (Wildman–Crippen LogP) is 1.90. The molecule has 0 aliphatic carbocycles. The fraction of sp³-hybridized carbons (Fsp3) is 0.667. The van der Waals surface area contributed by atoms with Crippen LogP contribution in [0, 0.1) is 11.8 Å². The number of likely N-dealkylation sites (tertiary alicyclic amines) is 1. The van der Waals surface area contributed by atoms with E-state index in [1.54, 1.807) is 12.3 Å². The number of carbonyl (C=O) groups excluding carboxylic acids is 1. The van der Waals surface area contributed by atoms with Gasteiger partial charge >= 0.3 is 0 Å². The number of amides is 1. The molecule has 1 amide bonds. The van der Waals surface area contributed by atoms with Crippen LogP contribution in [0.3, 0.4) is 0 Å². The molecule has 1 aromatic heterocycles. The molecule has 5 nitrogen and oxygen atoms in total. The maximum Gasteiger partial charge on any atom is 0.272 e. The van der Waals surface area contributed by atoms with Crippen LogP contribution in [0.5, 0.6) is 0 Å². The van der Waals surface area contributed by atoms with Crippen molar-refractivity contribution in [3.05, 3.63) is 30.1 Å².